The fourth-order valence-corrected chi connectivity index (χ4v) is 3.31. The van der Waals surface area contributed by atoms with Crippen molar-refractivity contribution < 1.29 is 0 Å². The number of benzene rings is 2. The highest BCUT2D eigenvalue weighted by atomic mass is 15.0. The Bertz CT molecular complexity index is 545. The van der Waals surface area contributed by atoms with Gasteiger partial charge in [-0.1, -0.05) is 55.3 Å². The molecule has 1 heterocycles. The predicted molar refractivity (Wildman–Crippen MR) is 82.5 cm³/mol. The quantitative estimate of drug-likeness (QED) is 0.841. The molecule has 1 atom stereocenters. The third-order valence-corrected chi connectivity index (χ3v) is 4.42. The van der Waals surface area contributed by atoms with Crippen LogP contribution in [0.15, 0.2) is 42.5 Å². The molecule has 0 bridgehead atoms. The van der Waals surface area contributed by atoms with E-state index in [2.05, 4.69) is 54.7 Å². The van der Waals surface area contributed by atoms with E-state index in [-0.39, 0.29) is 5.54 Å². The van der Waals surface area contributed by atoms with Crippen LogP contribution in [-0.4, -0.2) is 12.1 Å². The lowest BCUT2D eigenvalue weighted by Gasteiger charge is -2.30. The lowest BCUT2D eigenvalue weighted by Crippen LogP contribution is -2.43. The Labute approximate surface area is 116 Å². The summed E-state index contributed by atoms with van der Waals surface area (Å²) in [5.41, 5.74) is 1.75. The summed E-state index contributed by atoms with van der Waals surface area (Å²) in [6, 6.07) is 15.4. The average molecular weight is 253 g/mol. The molecule has 1 aliphatic heterocycles. The second-order valence-corrected chi connectivity index (χ2v) is 6.11. The van der Waals surface area contributed by atoms with E-state index in [1.165, 1.54) is 48.6 Å². The Morgan fingerprint density at radius 3 is 2.79 bits per heavy atom. The van der Waals surface area contributed by atoms with Crippen LogP contribution in [0.4, 0.5) is 0 Å². The van der Waals surface area contributed by atoms with E-state index in [4.69, 9.17) is 0 Å². The molecule has 1 saturated heterocycles. The van der Waals surface area contributed by atoms with Gasteiger partial charge in [0, 0.05) is 5.54 Å². The molecular formula is C18H23N. The number of rotatable bonds is 2. The van der Waals surface area contributed by atoms with Crippen LogP contribution in [0.1, 0.15) is 38.2 Å². The van der Waals surface area contributed by atoms with Crippen LogP contribution < -0.4 is 5.32 Å². The first-order chi connectivity index (χ1) is 9.27. The Balaban J connectivity index is 1.92. The van der Waals surface area contributed by atoms with Gasteiger partial charge < -0.3 is 5.32 Å². The topological polar surface area (TPSA) is 12.0 Å². The zero-order valence-electron chi connectivity index (χ0n) is 11.8. The van der Waals surface area contributed by atoms with E-state index >= 15 is 0 Å². The summed E-state index contributed by atoms with van der Waals surface area (Å²) in [4.78, 5) is 0. The highest BCUT2D eigenvalue weighted by Gasteiger charge is 2.25. The van der Waals surface area contributed by atoms with Gasteiger partial charge in [-0.15, -0.1) is 0 Å². The molecule has 2 aromatic carbocycles. The first-order valence-corrected chi connectivity index (χ1v) is 7.49. The van der Waals surface area contributed by atoms with Gasteiger partial charge in [-0.05, 0) is 49.1 Å². The third kappa shape index (κ3) is 2.82. The molecule has 100 valence electrons. The summed E-state index contributed by atoms with van der Waals surface area (Å²) in [7, 11) is 0. The van der Waals surface area contributed by atoms with Gasteiger partial charge in [0.2, 0.25) is 0 Å². The number of fused-ring (bicyclic) bond motifs is 1. The maximum atomic E-state index is 3.77. The van der Waals surface area contributed by atoms with Crippen molar-refractivity contribution >= 4 is 10.8 Å². The molecular weight excluding hydrogens is 230 g/mol. The van der Waals surface area contributed by atoms with Gasteiger partial charge in [-0.25, -0.2) is 0 Å². The first kappa shape index (κ1) is 12.7. The Kier molecular flexibility index (Phi) is 3.56. The normalized spacial score (nSPS) is 24.3. The molecule has 0 spiro atoms. The van der Waals surface area contributed by atoms with Crippen LogP contribution >= 0.6 is 0 Å². The monoisotopic (exact) mass is 253 g/mol. The zero-order valence-corrected chi connectivity index (χ0v) is 11.8. The van der Waals surface area contributed by atoms with Crippen LogP contribution in [-0.2, 0) is 6.42 Å². The second kappa shape index (κ2) is 5.34. The van der Waals surface area contributed by atoms with Gasteiger partial charge in [0.15, 0.2) is 0 Å². The molecule has 3 rings (SSSR count). The van der Waals surface area contributed by atoms with E-state index < -0.39 is 0 Å². The van der Waals surface area contributed by atoms with Gasteiger partial charge in [0.1, 0.15) is 0 Å². The van der Waals surface area contributed by atoms with Crippen molar-refractivity contribution in [1.82, 2.24) is 5.32 Å². The van der Waals surface area contributed by atoms with E-state index in [0.717, 1.165) is 6.42 Å². The minimum atomic E-state index is 0.265. The van der Waals surface area contributed by atoms with Crippen molar-refractivity contribution in [2.75, 3.05) is 6.54 Å². The standard InChI is InChI=1S/C18H23N/c1-18(12-5-2-6-13-19-18)14-16-10-7-9-15-8-3-4-11-17(15)16/h3-4,7-11,19H,2,5-6,12-14H2,1H3. The molecule has 1 unspecified atom stereocenters. The lowest BCUT2D eigenvalue weighted by atomic mass is 9.86. The average Bonchev–Trinajstić information content (AvgIpc) is 2.64. The molecule has 0 aromatic heterocycles. The fraction of sp³-hybridized carbons (Fsp3) is 0.444. The summed E-state index contributed by atoms with van der Waals surface area (Å²) < 4.78 is 0. The zero-order chi connectivity index (χ0) is 13.1. The van der Waals surface area contributed by atoms with Gasteiger partial charge in [-0.3, -0.25) is 0 Å². The van der Waals surface area contributed by atoms with Crippen LogP contribution in [0.25, 0.3) is 10.8 Å². The molecule has 1 fully saturated rings. The molecule has 1 aliphatic rings. The maximum Gasteiger partial charge on any atom is 0.0193 e. The molecule has 0 aliphatic carbocycles. The third-order valence-electron chi connectivity index (χ3n) is 4.42. The second-order valence-electron chi connectivity index (χ2n) is 6.11. The van der Waals surface area contributed by atoms with Gasteiger partial charge in [0.25, 0.3) is 0 Å². The lowest BCUT2D eigenvalue weighted by molar-refractivity contribution is 0.346. The van der Waals surface area contributed by atoms with Crippen LogP contribution in [0, 0.1) is 0 Å². The summed E-state index contributed by atoms with van der Waals surface area (Å²) in [6.45, 7) is 3.56. The molecule has 0 amide bonds. The molecule has 1 N–H and O–H groups in total. The Morgan fingerprint density at radius 1 is 1.00 bits per heavy atom. The highest BCUT2D eigenvalue weighted by molar-refractivity contribution is 5.85. The molecule has 1 heteroatoms. The SMILES string of the molecule is CC1(Cc2cccc3ccccc23)CCCCCN1. The Hall–Kier alpha value is -1.34. The first-order valence-electron chi connectivity index (χ1n) is 7.49. The van der Waals surface area contributed by atoms with Crippen LogP contribution in [0.2, 0.25) is 0 Å². The largest absolute Gasteiger partial charge is 0.311 e. The summed E-state index contributed by atoms with van der Waals surface area (Å²) in [5, 5.41) is 6.54. The molecule has 2 aromatic rings. The minimum Gasteiger partial charge on any atom is -0.311 e. The minimum absolute atomic E-state index is 0.265. The highest BCUT2D eigenvalue weighted by Crippen LogP contribution is 2.27. The summed E-state index contributed by atoms with van der Waals surface area (Å²) >= 11 is 0. The smallest absolute Gasteiger partial charge is 0.0193 e. The van der Waals surface area contributed by atoms with Crippen molar-refractivity contribution in [1.29, 1.82) is 0 Å². The van der Waals surface area contributed by atoms with Crippen molar-refractivity contribution in [3.05, 3.63) is 48.0 Å². The van der Waals surface area contributed by atoms with Crippen LogP contribution in [0.3, 0.4) is 0 Å². The van der Waals surface area contributed by atoms with Crippen molar-refractivity contribution in [3.8, 4) is 0 Å². The van der Waals surface area contributed by atoms with Gasteiger partial charge in [-0.2, -0.15) is 0 Å². The predicted octanol–water partition coefficient (Wildman–Crippen LogP) is 4.30. The summed E-state index contributed by atoms with van der Waals surface area (Å²) in [5.74, 6) is 0. The fourth-order valence-electron chi connectivity index (χ4n) is 3.31. The molecule has 19 heavy (non-hydrogen) atoms. The number of nitrogens with one attached hydrogen (secondary N) is 1. The Morgan fingerprint density at radius 2 is 1.84 bits per heavy atom. The van der Waals surface area contributed by atoms with Crippen molar-refractivity contribution in [3.63, 3.8) is 0 Å². The molecule has 0 saturated carbocycles. The van der Waals surface area contributed by atoms with Gasteiger partial charge in [0.05, 0.1) is 0 Å². The number of hydrogen-bond acceptors (Lipinski definition) is 1. The van der Waals surface area contributed by atoms with Crippen molar-refractivity contribution in [2.45, 2.75) is 44.6 Å². The van der Waals surface area contributed by atoms with E-state index in [9.17, 15) is 0 Å². The molecule has 0 radical (unpaired) electrons. The van der Waals surface area contributed by atoms with Crippen molar-refractivity contribution in [2.24, 2.45) is 0 Å². The van der Waals surface area contributed by atoms with E-state index in [1.54, 1.807) is 0 Å². The van der Waals surface area contributed by atoms with Gasteiger partial charge >= 0.3 is 0 Å². The summed E-state index contributed by atoms with van der Waals surface area (Å²) in [6.07, 6.45) is 6.47. The van der Waals surface area contributed by atoms with E-state index in [1.807, 2.05) is 0 Å². The maximum absolute atomic E-state index is 3.77. The number of hydrogen-bond donors (Lipinski definition) is 1. The van der Waals surface area contributed by atoms with Crippen LogP contribution in [0.5, 0.6) is 0 Å². The van der Waals surface area contributed by atoms with E-state index in [0.29, 0.717) is 0 Å². The molecule has 1 nitrogen and oxygen atoms in total.